The van der Waals surface area contributed by atoms with Crippen LogP contribution in [0.1, 0.15) is 12.0 Å². The molecule has 1 atom stereocenters. The van der Waals surface area contributed by atoms with E-state index in [1.54, 1.807) is 24.3 Å². The Kier molecular flexibility index (Phi) is 3.96. The van der Waals surface area contributed by atoms with Gasteiger partial charge < -0.3 is 10.1 Å². The average molecular weight is 295 g/mol. The molecule has 0 bridgehead atoms. The zero-order valence-electron chi connectivity index (χ0n) is 11.3. The van der Waals surface area contributed by atoms with Crippen LogP contribution in [0, 0.1) is 0 Å². The molecule has 2 rings (SSSR count). The maximum absolute atomic E-state index is 11.6. The van der Waals surface area contributed by atoms with Crippen LogP contribution in [0.25, 0.3) is 0 Å². The number of nitrogens with one attached hydrogen (secondary N) is 1. The van der Waals surface area contributed by atoms with Crippen LogP contribution in [-0.4, -0.2) is 33.8 Å². The van der Waals surface area contributed by atoms with Crippen molar-refractivity contribution in [2.45, 2.75) is 16.9 Å². The highest BCUT2D eigenvalue weighted by Crippen LogP contribution is 2.31. The Bertz CT molecular complexity index is 613. The first-order valence-corrected chi connectivity index (χ1v) is 8.09. The third-order valence-electron chi connectivity index (χ3n) is 3.40. The minimum atomic E-state index is -3.23. The van der Waals surface area contributed by atoms with Crippen molar-refractivity contribution in [3.8, 4) is 0 Å². The second-order valence-electron chi connectivity index (χ2n) is 4.87. The van der Waals surface area contributed by atoms with Gasteiger partial charge in [-0.15, -0.1) is 0 Å². The molecule has 0 aromatic heterocycles. The summed E-state index contributed by atoms with van der Waals surface area (Å²) in [4.78, 5) is 11.8. The molecule has 1 unspecified atom stereocenters. The highest BCUT2D eigenvalue weighted by atomic mass is 32.2. The molecule has 6 heteroatoms. The number of hydrogen-bond acceptors (Lipinski definition) is 4. The predicted octanol–water partition coefficient (Wildman–Crippen LogP) is 1.01. The molecule has 0 saturated carbocycles. The largest absolute Gasteiger partial charge is 0.379 e. The molecule has 5 nitrogen and oxygen atoms in total. The Hall–Kier alpha value is -1.66. The van der Waals surface area contributed by atoms with Crippen molar-refractivity contribution in [2.75, 3.05) is 19.5 Å². The first-order valence-electron chi connectivity index (χ1n) is 6.20. The normalized spacial score (nSPS) is 22.4. The molecule has 1 aromatic rings. The Labute approximate surface area is 118 Å². The lowest BCUT2D eigenvalue weighted by molar-refractivity contribution is -0.118. The summed E-state index contributed by atoms with van der Waals surface area (Å²) in [5, 5.41) is 2.89. The van der Waals surface area contributed by atoms with E-state index < -0.39 is 15.4 Å². The molecule has 0 spiro atoms. The zero-order valence-corrected chi connectivity index (χ0v) is 12.1. The molecule has 1 fully saturated rings. The molecule has 0 radical (unpaired) electrons. The van der Waals surface area contributed by atoms with Gasteiger partial charge in [0.05, 0.1) is 17.0 Å². The van der Waals surface area contributed by atoms with Crippen LogP contribution in [0.4, 0.5) is 0 Å². The van der Waals surface area contributed by atoms with E-state index >= 15 is 0 Å². The van der Waals surface area contributed by atoms with Gasteiger partial charge in [0.2, 0.25) is 5.91 Å². The van der Waals surface area contributed by atoms with Crippen molar-refractivity contribution in [1.82, 2.24) is 5.32 Å². The van der Waals surface area contributed by atoms with Gasteiger partial charge in [0, 0.05) is 19.3 Å². The van der Waals surface area contributed by atoms with E-state index in [1.165, 1.54) is 6.08 Å². The molecule has 1 heterocycles. The van der Waals surface area contributed by atoms with Crippen molar-refractivity contribution < 1.29 is 17.9 Å². The zero-order chi connectivity index (χ0) is 14.8. The summed E-state index contributed by atoms with van der Waals surface area (Å²) in [7, 11) is -3.23. The number of rotatable bonds is 4. The fourth-order valence-electron chi connectivity index (χ4n) is 2.27. The average Bonchev–Trinajstić information content (AvgIpc) is 2.87. The summed E-state index contributed by atoms with van der Waals surface area (Å²) >= 11 is 0. The summed E-state index contributed by atoms with van der Waals surface area (Å²) < 4.78 is 28.3. The number of sulfone groups is 1. The third kappa shape index (κ3) is 2.91. The molecule has 1 aliphatic rings. The van der Waals surface area contributed by atoms with Crippen molar-refractivity contribution in [1.29, 1.82) is 0 Å². The number of amides is 1. The quantitative estimate of drug-likeness (QED) is 0.841. The molecule has 1 saturated heterocycles. The number of ether oxygens (including phenoxy) is 1. The van der Waals surface area contributed by atoms with Crippen molar-refractivity contribution >= 4 is 15.7 Å². The van der Waals surface area contributed by atoms with Gasteiger partial charge in [0.15, 0.2) is 9.84 Å². The minimum absolute atomic E-state index is 0.255. The van der Waals surface area contributed by atoms with Gasteiger partial charge in [-0.2, -0.15) is 0 Å². The summed E-state index contributed by atoms with van der Waals surface area (Å²) in [5.74, 6) is -0.275. The predicted molar refractivity (Wildman–Crippen MR) is 75.0 cm³/mol. The van der Waals surface area contributed by atoms with Gasteiger partial charge in [-0.25, -0.2) is 8.42 Å². The number of carbonyl (C=O) groups excluding carboxylic acids is 1. The Morgan fingerprint density at radius 3 is 2.50 bits per heavy atom. The SMILES string of the molecule is C=CC(=O)NC1(c2ccc(S(C)(=O)=O)cc2)CCOC1. The first-order chi connectivity index (χ1) is 9.37. The van der Waals surface area contributed by atoms with Crippen LogP contribution in [0.3, 0.4) is 0 Å². The molecular weight excluding hydrogens is 278 g/mol. The van der Waals surface area contributed by atoms with E-state index in [9.17, 15) is 13.2 Å². The monoisotopic (exact) mass is 295 g/mol. The lowest BCUT2D eigenvalue weighted by atomic mass is 9.89. The first kappa shape index (κ1) is 14.7. The van der Waals surface area contributed by atoms with Gasteiger partial charge in [0.25, 0.3) is 0 Å². The fourth-order valence-corrected chi connectivity index (χ4v) is 2.90. The van der Waals surface area contributed by atoms with E-state index in [-0.39, 0.29) is 10.8 Å². The standard InChI is InChI=1S/C14H17NO4S/c1-3-13(16)15-14(8-9-19-10-14)11-4-6-12(7-5-11)20(2,17)18/h3-7H,1,8-10H2,2H3,(H,15,16). The van der Waals surface area contributed by atoms with Gasteiger partial charge in [-0.05, 0) is 23.8 Å². The number of benzene rings is 1. The fraction of sp³-hybridized carbons (Fsp3) is 0.357. The molecule has 20 heavy (non-hydrogen) atoms. The van der Waals surface area contributed by atoms with Gasteiger partial charge >= 0.3 is 0 Å². The number of carbonyl (C=O) groups is 1. The van der Waals surface area contributed by atoms with Crippen LogP contribution in [0.2, 0.25) is 0 Å². The molecule has 1 aliphatic heterocycles. The lowest BCUT2D eigenvalue weighted by Gasteiger charge is -2.29. The van der Waals surface area contributed by atoms with E-state index in [1.807, 2.05) is 0 Å². The van der Waals surface area contributed by atoms with Crippen molar-refractivity contribution in [3.05, 3.63) is 42.5 Å². The maximum atomic E-state index is 11.6. The molecular formula is C14H17NO4S. The summed E-state index contributed by atoms with van der Waals surface area (Å²) in [6, 6.07) is 6.53. The topological polar surface area (TPSA) is 72.5 Å². The Morgan fingerprint density at radius 2 is 2.05 bits per heavy atom. The highest BCUT2D eigenvalue weighted by molar-refractivity contribution is 7.90. The summed E-state index contributed by atoms with van der Waals surface area (Å²) in [6.45, 7) is 4.35. The van der Waals surface area contributed by atoms with E-state index in [0.717, 1.165) is 11.8 Å². The smallest absolute Gasteiger partial charge is 0.244 e. The van der Waals surface area contributed by atoms with Crippen LogP contribution < -0.4 is 5.32 Å². The molecule has 0 aliphatic carbocycles. The minimum Gasteiger partial charge on any atom is -0.379 e. The van der Waals surface area contributed by atoms with Crippen LogP contribution in [-0.2, 0) is 24.9 Å². The second kappa shape index (κ2) is 5.38. The second-order valence-corrected chi connectivity index (χ2v) is 6.89. The molecule has 1 aromatic carbocycles. The highest BCUT2D eigenvalue weighted by Gasteiger charge is 2.37. The molecule has 1 N–H and O–H groups in total. The van der Waals surface area contributed by atoms with Gasteiger partial charge in [-0.3, -0.25) is 4.79 Å². The van der Waals surface area contributed by atoms with E-state index in [0.29, 0.717) is 19.6 Å². The number of hydrogen-bond donors (Lipinski definition) is 1. The van der Waals surface area contributed by atoms with Crippen molar-refractivity contribution in [2.24, 2.45) is 0 Å². The Balaban J connectivity index is 2.35. The van der Waals surface area contributed by atoms with Crippen LogP contribution in [0.15, 0.2) is 41.8 Å². The third-order valence-corrected chi connectivity index (χ3v) is 4.53. The van der Waals surface area contributed by atoms with Crippen LogP contribution >= 0.6 is 0 Å². The summed E-state index contributed by atoms with van der Waals surface area (Å²) in [6.07, 6.45) is 3.02. The lowest BCUT2D eigenvalue weighted by Crippen LogP contribution is -2.45. The van der Waals surface area contributed by atoms with E-state index in [4.69, 9.17) is 4.74 Å². The van der Waals surface area contributed by atoms with Gasteiger partial charge in [0.1, 0.15) is 0 Å². The Morgan fingerprint density at radius 1 is 1.40 bits per heavy atom. The summed E-state index contributed by atoms with van der Waals surface area (Å²) in [5.41, 5.74) is 0.221. The molecule has 1 amide bonds. The van der Waals surface area contributed by atoms with E-state index in [2.05, 4.69) is 11.9 Å². The van der Waals surface area contributed by atoms with Gasteiger partial charge in [-0.1, -0.05) is 18.7 Å². The maximum Gasteiger partial charge on any atom is 0.244 e. The van der Waals surface area contributed by atoms with Crippen molar-refractivity contribution in [3.63, 3.8) is 0 Å². The van der Waals surface area contributed by atoms with Crippen LogP contribution in [0.5, 0.6) is 0 Å². The molecule has 108 valence electrons.